The maximum Gasteiger partial charge on any atom is 0.270 e. The molecule has 30 heavy (non-hydrogen) atoms. The second-order valence-corrected chi connectivity index (χ2v) is 8.03. The van der Waals surface area contributed by atoms with Gasteiger partial charge in [-0.25, -0.2) is 0 Å². The Hall–Kier alpha value is -3.33. The summed E-state index contributed by atoms with van der Waals surface area (Å²) in [7, 11) is 1.63. The van der Waals surface area contributed by atoms with Gasteiger partial charge in [0.1, 0.15) is 10.8 Å². The van der Waals surface area contributed by atoms with E-state index in [1.54, 1.807) is 35.5 Å². The van der Waals surface area contributed by atoms with Crippen molar-refractivity contribution >= 4 is 22.9 Å². The average molecular weight is 424 g/mol. The van der Waals surface area contributed by atoms with Crippen LogP contribution in [0.5, 0.6) is 5.75 Å². The first kappa shape index (κ1) is 20.0. The number of amides is 1. The maximum atomic E-state index is 12.7. The zero-order chi connectivity index (χ0) is 21.1. The summed E-state index contributed by atoms with van der Waals surface area (Å²) < 4.78 is 5.41. The van der Waals surface area contributed by atoms with Crippen molar-refractivity contribution in [3.05, 3.63) is 69.2 Å². The van der Waals surface area contributed by atoms with Gasteiger partial charge in [0.15, 0.2) is 5.01 Å². The van der Waals surface area contributed by atoms with E-state index in [0.717, 1.165) is 34.2 Å². The lowest BCUT2D eigenvalue weighted by Gasteiger charge is -2.31. The van der Waals surface area contributed by atoms with E-state index in [1.807, 2.05) is 24.3 Å². The molecule has 8 nitrogen and oxygen atoms in total. The molecule has 1 fully saturated rings. The van der Waals surface area contributed by atoms with Crippen molar-refractivity contribution in [1.82, 2.24) is 15.1 Å². The molecule has 154 valence electrons. The van der Waals surface area contributed by atoms with Crippen molar-refractivity contribution in [3.8, 4) is 16.3 Å². The van der Waals surface area contributed by atoms with E-state index in [9.17, 15) is 14.9 Å². The zero-order valence-electron chi connectivity index (χ0n) is 16.4. The summed E-state index contributed by atoms with van der Waals surface area (Å²) in [5.74, 6) is 0.821. The molecular formula is C21H20N4O4S. The fourth-order valence-corrected chi connectivity index (χ4v) is 4.64. The highest BCUT2D eigenvalue weighted by molar-refractivity contribution is 7.14. The third-order valence-electron chi connectivity index (χ3n) is 5.21. The molecule has 2 aromatic carbocycles. The summed E-state index contributed by atoms with van der Waals surface area (Å²) in [6.07, 6.45) is 1.56. The number of non-ortho nitro benzene ring substituents is 1. The molecule has 1 aliphatic heterocycles. The Balaban J connectivity index is 1.43. The van der Waals surface area contributed by atoms with Crippen molar-refractivity contribution in [1.29, 1.82) is 0 Å². The van der Waals surface area contributed by atoms with Crippen LogP contribution in [0.15, 0.2) is 48.5 Å². The first-order valence-corrected chi connectivity index (χ1v) is 10.4. The highest BCUT2D eigenvalue weighted by Gasteiger charge is 2.27. The van der Waals surface area contributed by atoms with Crippen LogP contribution in [-0.2, 0) is 0 Å². The molecule has 0 atom stereocenters. The molecule has 0 aliphatic carbocycles. The minimum atomic E-state index is -0.488. The Morgan fingerprint density at radius 1 is 1.17 bits per heavy atom. The quantitative estimate of drug-likeness (QED) is 0.451. The van der Waals surface area contributed by atoms with Crippen molar-refractivity contribution in [2.75, 3.05) is 20.2 Å². The summed E-state index contributed by atoms with van der Waals surface area (Å²) in [5.41, 5.74) is 1.19. The standard InChI is InChI=1S/C21H20N4O4S/c1-29-18-8-3-2-7-17(18)20-23-22-19(30-20)14-9-11-24(12-10-14)21(26)15-5-4-6-16(13-15)25(27)28/h2-8,13-14H,9-12H2,1H3. The molecule has 1 amide bonds. The lowest BCUT2D eigenvalue weighted by atomic mass is 9.97. The van der Waals surface area contributed by atoms with Crippen LogP contribution in [0.1, 0.15) is 34.1 Å². The van der Waals surface area contributed by atoms with Gasteiger partial charge in [-0.15, -0.1) is 10.2 Å². The van der Waals surface area contributed by atoms with Crippen LogP contribution in [0.2, 0.25) is 0 Å². The van der Waals surface area contributed by atoms with Crippen LogP contribution in [-0.4, -0.2) is 46.1 Å². The predicted molar refractivity (Wildman–Crippen MR) is 113 cm³/mol. The van der Waals surface area contributed by atoms with Gasteiger partial charge in [-0.1, -0.05) is 29.5 Å². The molecule has 0 spiro atoms. The zero-order valence-corrected chi connectivity index (χ0v) is 17.2. The molecule has 0 unspecified atom stereocenters. The molecule has 0 radical (unpaired) electrons. The molecular weight excluding hydrogens is 404 g/mol. The number of benzene rings is 2. The number of carbonyl (C=O) groups excluding carboxylic acids is 1. The van der Waals surface area contributed by atoms with Crippen LogP contribution in [0.25, 0.3) is 10.6 Å². The Morgan fingerprint density at radius 2 is 1.93 bits per heavy atom. The van der Waals surface area contributed by atoms with Crippen molar-refractivity contribution in [2.45, 2.75) is 18.8 Å². The molecule has 1 aliphatic rings. The molecule has 0 saturated carbocycles. The smallest absolute Gasteiger partial charge is 0.270 e. The second-order valence-electron chi connectivity index (χ2n) is 7.02. The fraction of sp³-hybridized carbons (Fsp3) is 0.286. The molecule has 9 heteroatoms. The van der Waals surface area contributed by atoms with Crippen LogP contribution in [0.4, 0.5) is 5.69 Å². The van der Waals surface area contributed by atoms with Gasteiger partial charge < -0.3 is 9.64 Å². The van der Waals surface area contributed by atoms with Crippen molar-refractivity contribution < 1.29 is 14.5 Å². The van der Waals surface area contributed by atoms with Gasteiger partial charge in [-0.05, 0) is 31.0 Å². The Morgan fingerprint density at radius 3 is 2.67 bits per heavy atom. The molecule has 1 aromatic heterocycles. The van der Waals surface area contributed by atoms with E-state index < -0.39 is 4.92 Å². The lowest BCUT2D eigenvalue weighted by Crippen LogP contribution is -2.37. The van der Waals surface area contributed by atoms with E-state index >= 15 is 0 Å². The highest BCUT2D eigenvalue weighted by atomic mass is 32.1. The third kappa shape index (κ3) is 4.02. The van der Waals surface area contributed by atoms with Crippen LogP contribution < -0.4 is 4.74 Å². The number of hydrogen-bond acceptors (Lipinski definition) is 7. The summed E-state index contributed by atoms with van der Waals surface area (Å²) in [5, 5.41) is 21.5. The summed E-state index contributed by atoms with van der Waals surface area (Å²) in [6.45, 7) is 1.16. The van der Waals surface area contributed by atoms with E-state index in [0.29, 0.717) is 18.7 Å². The lowest BCUT2D eigenvalue weighted by molar-refractivity contribution is -0.384. The van der Waals surface area contributed by atoms with Gasteiger partial charge in [0.05, 0.1) is 17.6 Å². The molecule has 4 rings (SSSR count). The number of nitro benzene ring substituents is 1. The summed E-state index contributed by atoms with van der Waals surface area (Å²) in [6, 6.07) is 13.6. The molecule has 0 N–H and O–H groups in total. The fourth-order valence-electron chi connectivity index (χ4n) is 3.59. The van der Waals surface area contributed by atoms with E-state index in [1.165, 1.54) is 12.1 Å². The highest BCUT2D eigenvalue weighted by Crippen LogP contribution is 2.36. The SMILES string of the molecule is COc1ccccc1-c1nnc(C2CCN(C(=O)c3cccc([N+](=O)[O-])c3)CC2)s1. The van der Waals surface area contributed by atoms with Crippen LogP contribution in [0, 0.1) is 10.1 Å². The van der Waals surface area contributed by atoms with Gasteiger partial charge in [0.2, 0.25) is 0 Å². The number of nitrogens with zero attached hydrogens (tertiary/aromatic N) is 4. The first-order chi connectivity index (χ1) is 14.6. The van der Waals surface area contributed by atoms with E-state index in [2.05, 4.69) is 10.2 Å². The minimum Gasteiger partial charge on any atom is -0.496 e. The van der Waals surface area contributed by atoms with Gasteiger partial charge in [-0.3, -0.25) is 14.9 Å². The van der Waals surface area contributed by atoms with Gasteiger partial charge >= 0.3 is 0 Å². The van der Waals surface area contributed by atoms with Crippen LogP contribution in [0.3, 0.4) is 0 Å². The Kier molecular flexibility index (Phi) is 5.71. The molecule has 0 bridgehead atoms. The topological polar surface area (TPSA) is 98.5 Å². The average Bonchev–Trinajstić information content (AvgIpc) is 3.29. The van der Waals surface area contributed by atoms with Gasteiger partial charge in [0.25, 0.3) is 11.6 Å². The summed E-state index contributed by atoms with van der Waals surface area (Å²) >= 11 is 1.55. The monoisotopic (exact) mass is 424 g/mol. The van der Waals surface area contributed by atoms with Crippen molar-refractivity contribution in [2.24, 2.45) is 0 Å². The van der Waals surface area contributed by atoms with E-state index in [-0.39, 0.29) is 17.5 Å². The number of carbonyl (C=O) groups is 1. The van der Waals surface area contributed by atoms with Crippen LogP contribution >= 0.6 is 11.3 Å². The molecule has 3 aromatic rings. The predicted octanol–water partition coefficient (Wildman–Crippen LogP) is 4.14. The number of rotatable bonds is 5. The maximum absolute atomic E-state index is 12.7. The summed E-state index contributed by atoms with van der Waals surface area (Å²) in [4.78, 5) is 25.0. The van der Waals surface area contributed by atoms with E-state index in [4.69, 9.17) is 4.74 Å². The Labute approximate surface area is 177 Å². The number of aromatic nitrogens is 2. The number of piperidine rings is 1. The van der Waals surface area contributed by atoms with Gasteiger partial charge in [-0.2, -0.15) is 0 Å². The Bertz CT molecular complexity index is 1080. The number of ether oxygens (including phenoxy) is 1. The number of methoxy groups -OCH3 is 1. The normalized spacial score (nSPS) is 14.5. The second kappa shape index (κ2) is 8.58. The molecule has 2 heterocycles. The number of hydrogen-bond donors (Lipinski definition) is 0. The minimum absolute atomic E-state index is 0.0755. The number of nitro groups is 1. The number of para-hydroxylation sites is 1. The van der Waals surface area contributed by atoms with Gasteiger partial charge in [0, 0.05) is 36.7 Å². The largest absolute Gasteiger partial charge is 0.496 e. The first-order valence-electron chi connectivity index (χ1n) is 9.57. The third-order valence-corrected chi connectivity index (χ3v) is 6.33. The number of likely N-dealkylation sites (tertiary alicyclic amines) is 1. The molecule has 1 saturated heterocycles. The van der Waals surface area contributed by atoms with Crippen molar-refractivity contribution in [3.63, 3.8) is 0 Å².